The molecule has 0 radical (unpaired) electrons. The number of hydrogen-bond acceptors (Lipinski definition) is 11. The van der Waals surface area contributed by atoms with E-state index in [0.717, 1.165) is 103 Å². The van der Waals surface area contributed by atoms with Crippen LogP contribution in [0.15, 0.2) is 97.2 Å². The van der Waals surface area contributed by atoms with Crippen molar-refractivity contribution in [2.45, 2.75) is 314 Å². The zero-order valence-corrected chi connectivity index (χ0v) is 52.4. The average Bonchev–Trinajstić information content (AvgIpc) is 3.60. The number of aliphatic carboxylic acids is 1. The maximum atomic E-state index is 13.1. The number of esters is 3. The Hall–Kier alpha value is -4.36. The van der Waals surface area contributed by atoms with Gasteiger partial charge in [0.2, 0.25) is 0 Å². The van der Waals surface area contributed by atoms with Crippen molar-refractivity contribution in [2.24, 2.45) is 0 Å². The predicted molar refractivity (Wildman–Crippen MR) is 340 cm³/mol. The third-order valence-electron chi connectivity index (χ3n) is 14.7. The van der Waals surface area contributed by atoms with Gasteiger partial charge in [-0.15, -0.1) is 0 Å². The minimum atomic E-state index is -1.93. The van der Waals surface area contributed by atoms with Crippen LogP contribution in [0.2, 0.25) is 0 Å². The average molecular weight is 1160 g/mol. The maximum absolute atomic E-state index is 13.1. The van der Waals surface area contributed by atoms with Crippen molar-refractivity contribution < 1.29 is 58.2 Å². The summed E-state index contributed by atoms with van der Waals surface area (Å²) in [5.41, 5.74) is 0. The van der Waals surface area contributed by atoms with E-state index >= 15 is 0 Å². The van der Waals surface area contributed by atoms with Gasteiger partial charge in [-0.3, -0.25) is 14.4 Å². The first-order valence-corrected chi connectivity index (χ1v) is 33.2. The van der Waals surface area contributed by atoms with Crippen molar-refractivity contribution in [1.29, 1.82) is 0 Å². The van der Waals surface area contributed by atoms with Gasteiger partial charge in [0.25, 0.3) is 0 Å². The number of aliphatic hydroxyl groups is 2. The number of unbranched alkanes of at least 4 members (excludes halogenated alkanes) is 27. The lowest BCUT2D eigenvalue weighted by molar-refractivity contribution is -0.301. The van der Waals surface area contributed by atoms with Gasteiger partial charge in [0.15, 0.2) is 24.6 Å². The number of carbonyl (C=O) groups is 4. The van der Waals surface area contributed by atoms with Crippen LogP contribution in [0.25, 0.3) is 0 Å². The van der Waals surface area contributed by atoms with Gasteiger partial charge in [-0.25, -0.2) is 4.79 Å². The SMILES string of the molecule is CC/C=C\C/C=C\C/C=C\C/C=C\C/C=C\CC(=O)OC(COC(=O)CCCCCCCCCCCCCCCCCCCCC)COC1OC(C(=O)O)C(O)C(O)C1OC(=O)CCCCCCCC/C=C\C/C=C\C/C=C\CCCCC. The smallest absolute Gasteiger partial charge is 0.335 e. The molecule has 474 valence electrons. The van der Waals surface area contributed by atoms with Gasteiger partial charge in [0, 0.05) is 12.8 Å². The lowest BCUT2D eigenvalue weighted by Crippen LogP contribution is -2.61. The first-order valence-electron chi connectivity index (χ1n) is 33.2. The maximum Gasteiger partial charge on any atom is 0.335 e. The van der Waals surface area contributed by atoms with Gasteiger partial charge in [-0.1, -0.05) is 272 Å². The standard InChI is InChI=1S/C71H118O12/c1-4-7-10-13-16-19-22-25-28-30-32-34-37-39-42-45-48-51-54-57-63(72)79-60-62(81-64(73)58-55-52-49-46-43-40-36-27-24-21-18-15-12-9-6-3)61-80-71-69(67(76)66(75)68(83-71)70(77)78)82-65(74)59-56-53-50-47-44-41-38-35-33-31-29-26-23-20-17-14-11-8-5-2/h9,12,17-18,20-21,26-27,29,33,35-36,43,46,52,55,62,66-69,71,75-76H,4-8,10-11,13-16,19,22-25,28,30-32,34,37-42,44-45,47-51,53-54,56-61H2,1-3H3,(H,77,78)/b12-9-,20-17-,21-18-,29-26-,35-33-,36-27-,46-43-,55-52-. The molecular formula is C71H118O12. The molecule has 0 aliphatic carbocycles. The van der Waals surface area contributed by atoms with E-state index < -0.39 is 67.3 Å². The molecule has 1 aliphatic rings. The number of ether oxygens (including phenoxy) is 5. The Morgan fingerprint density at radius 2 is 0.795 bits per heavy atom. The minimum Gasteiger partial charge on any atom is -0.479 e. The van der Waals surface area contributed by atoms with Crippen molar-refractivity contribution >= 4 is 23.9 Å². The van der Waals surface area contributed by atoms with Crippen LogP contribution in [0.5, 0.6) is 0 Å². The molecule has 0 amide bonds. The van der Waals surface area contributed by atoms with E-state index in [1.54, 1.807) is 6.08 Å². The summed E-state index contributed by atoms with van der Waals surface area (Å²) in [5, 5.41) is 31.6. The monoisotopic (exact) mass is 1160 g/mol. The summed E-state index contributed by atoms with van der Waals surface area (Å²) in [6.45, 7) is 5.80. The first kappa shape index (κ1) is 76.7. The van der Waals surface area contributed by atoms with Crippen molar-refractivity contribution in [3.63, 3.8) is 0 Å². The molecule has 12 heteroatoms. The van der Waals surface area contributed by atoms with Crippen LogP contribution in [0, 0.1) is 0 Å². The van der Waals surface area contributed by atoms with Crippen LogP contribution < -0.4 is 0 Å². The molecule has 1 rings (SSSR count). The van der Waals surface area contributed by atoms with E-state index in [-0.39, 0.29) is 25.9 Å². The molecule has 1 aliphatic heterocycles. The van der Waals surface area contributed by atoms with Crippen LogP contribution in [0.4, 0.5) is 0 Å². The molecule has 0 bridgehead atoms. The molecule has 6 atom stereocenters. The molecule has 1 saturated heterocycles. The largest absolute Gasteiger partial charge is 0.479 e. The molecule has 6 unspecified atom stereocenters. The second-order valence-corrected chi connectivity index (χ2v) is 22.4. The molecule has 1 heterocycles. The fraction of sp³-hybridized carbons (Fsp3) is 0.718. The number of carboxylic acid groups (broad SMARTS) is 1. The zero-order valence-electron chi connectivity index (χ0n) is 52.4. The lowest BCUT2D eigenvalue weighted by atomic mass is 9.98. The van der Waals surface area contributed by atoms with Gasteiger partial charge in [-0.2, -0.15) is 0 Å². The van der Waals surface area contributed by atoms with Gasteiger partial charge >= 0.3 is 23.9 Å². The normalized spacial score (nSPS) is 18.2. The molecule has 0 aromatic carbocycles. The van der Waals surface area contributed by atoms with Crippen LogP contribution in [-0.2, 0) is 42.9 Å². The topological polar surface area (TPSA) is 175 Å². The number of allylic oxidation sites excluding steroid dienone is 15. The van der Waals surface area contributed by atoms with E-state index in [2.05, 4.69) is 99.8 Å². The molecular weight excluding hydrogens is 1040 g/mol. The summed E-state index contributed by atoms with van der Waals surface area (Å²) in [7, 11) is 0. The van der Waals surface area contributed by atoms with Gasteiger partial charge in [-0.05, 0) is 83.5 Å². The van der Waals surface area contributed by atoms with E-state index in [1.807, 2.05) is 12.2 Å². The Morgan fingerprint density at radius 3 is 1.24 bits per heavy atom. The summed E-state index contributed by atoms with van der Waals surface area (Å²) in [6, 6.07) is 0. The Labute approximate surface area is 504 Å². The Bertz CT molecular complexity index is 1810. The molecule has 83 heavy (non-hydrogen) atoms. The van der Waals surface area contributed by atoms with E-state index in [1.165, 1.54) is 116 Å². The fourth-order valence-electron chi connectivity index (χ4n) is 9.63. The van der Waals surface area contributed by atoms with Crippen LogP contribution in [-0.4, -0.2) is 89.2 Å². The summed E-state index contributed by atoms with van der Waals surface area (Å²) < 4.78 is 28.4. The Kier molecular flexibility index (Phi) is 53.6. The highest BCUT2D eigenvalue weighted by Gasteiger charge is 2.50. The third-order valence-corrected chi connectivity index (χ3v) is 14.7. The van der Waals surface area contributed by atoms with Gasteiger partial charge in [0.05, 0.1) is 13.0 Å². The van der Waals surface area contributed by atoms with Crippen LogP contribution >= 0.6 is 0 Å². The van der Waals surface area contributed by atoms with Crippen molar-refractivity contribution in [1.82, 2.24) is 0 Å². The van der Waals surface area contributed by atoms with E-state index in [4.69, 9.17) is 23.7 Å². The molecule has 0 spiro atoms. The molecule has 0 aromatic heterocycles. The summed E-state index contributed by atoms with van der Waals surface area (Å²) in [4.78, 5) is 51.3. The fourth-order valence-corrected chi connectivity index (χ4v) is 9.63. The molecule has 3 N–H and O–H groups in total. The van der Waals surface area contributed by atoms with Crippen molar-refractivity contribution in [2.75, 3.05) is 13.2 Å². The Balaban J connectivity index is 2.69. The second kappa shape index (κ2) is 58.0. The summed E-state index contributed by atoms with van der Waals surface area (Å²) >= 11 is 0. The number of carboxylic acids is 1. The van der Waals surface area contributed by atoms with Crippen LogP contribution in [0.1, 0.15) is 278 Å². The first-order chi connectivity index (χ1) is 40.6. The van der Waals surface area contributed by atoms with Crippen molar-refractivity contribution in [3.8, 4) is 0 Å². The molecule has 0 saturated carbocycles. The molecule has 12 nitrogen and oxygen atoms in total. The lowest BCUT2D eigenvalue weighted by Gasteiger charge is -2.40. The molecule has 0 aromatic rings. The van der Waals surface area contributed by atoms with Gasteiger partial charge in [0.1, 0.15) is 18.8 Å². The number of hydrogen-bond donors (Lipinski definition) is 3. The van der Waals surface area contributed by atoms with Crippen molar-refractivity contribution in [3.05, 3.63) is 97.2 Å². The third kappa shape index (κ3) is 47.6. The quantitative estimate of drug-likeness (QED) is 0.0228. The highest BCUT2D eigenvalue weighted by molar-refractivity contribution is 5.74. The van der Waals surface area contributed by atoms with E-state index in [9.17, 15) is 34.5 Å². The number of carbonyl (C=O) groups excluding carboxylic acids is 3. The number of aliphatic hydroxyl groups excluding tert-OH is 2. The predicted octanol–water partition coefficient (Wildman–Crippen LogP) is 18.0. The second-order valence-electron chi connectivity index (χ2n) is 22.4. The highest BCUT2D eigenvalue weighted by atomic mass is 16.7. The van der Waals surface area contributed by atoms with Crippen LogP contribution in [0.3, 0.4) is 0 Å². The molecule has 1 fully saturated rings. The highest BCUT2D eigenvalue weighted by Crippen LogP contribution is 2.26. The van der Waals surface area contributed by atoms with E-state index in [0.29, 0.717) is 19.3 Å². The zero-order chi connectivity index (χ0) is 60.3. The summed E-state index contributed by atoms with van der Waals surface area (Å²) in [6.07, 6.45) is 65.4. The number of rotatable bonds is 56. The summed E-state index contributed by atoms with van der Waals surface area (Å²) in [5.74, 6) is -3.30. The minimum absolute atomic E-state index is 0.0325. The van der Waals surface area contributed by atoms with Gasteiger partial charge < -0.3 is 39.0 Å². The Morgan fingerprint density at radius 1 is 0.422 bits per heavy atom.